The topological polar surface area (TPSA) is 60.7 Å². The summed E-state index contributed by atoms with van der Waals surface area (Å²) in [6.45, 7) is 24.8. The summed E-state index contributed by atoms with van der Waals surface area (Å²) in [4.78, 5) is 0. The quantitative estimate of drug-likeness (QED) is 0.150. The third-order valence-corrected chi connectivity index (χ3v) is 8.51. The van der Waals surface area contributed by atoms with E-state index in [0.29, 0.717) is 17.2 Å². The van der Waals surface area contributed by atoms with Gasteiger partial charge in [0.2, 0.25) is 0 Å². The molecule has 0 unspecified atom stereocenters. The van der Waals surface area contributed by atoms with Crippen LogP contribution in [0.5, 0.6) is 17.2 Å². The van der Waals surface area contributed by atoms with Crippen molar-refractivity contribution < 1.29 is 15.3 Å². The Labute approximate surface area is 378 Å². The molecule has 3 nitrogen and oxygen atoms in total. The normalized spacial score (nSPS) is 8.84. The van der Waals surface area contributed by atoms with Crippen molar-refractivity contribution in [3.63, 3.8) is 0 Å². The van der Waals surface area contributed by atoms with Gasteiger partial charge in [-0.25, -0.2) is 0 Å². The molecule has 334 valence electrons. The molecule has 7 rings (SSSR count). The van der Waals surface area contributed by atoms with Crippen LogP contribution >= 0.6 is 0 Å². The smallest absolute Gasteiger partial charge is 0.115 e. The summed E-state index contributed by atoms with van der Waals surface area (Å²) in [5.74, 6) is 0.965. The van der Waals surface area contributed by atoms with Crippen molar-refractivity contribution in [1.82, 2.24) is 0 Å². The number of benzene rings is 7. The summed E-state index contributed by atoms with van der Waals surface area (Å²) >= 11 is 0. The molecule has 0 atom stereocenters. The van der Waals surface area contributed by atoms with Crippen molar-refractivity contribution in [1.29, 1.82) is 0 Å². The second-order valence-electron chi connectivity index (χ2n) is 12.6. The first-order valence-electron chi connectivity index (χ1n) is 22.9. The second kappa shape index (κ2) is 40.4. The highest BCUT2D eigenvalue weighted by Crippen LogP contribution is 2.22. The maximum Gasteiger partial charge on any atom is 0.115 e. The number of aryl methyl sites for hydroxylation is 4. The largest absolute Gasteiger partial charge is 0.508 e. The molecule has 0 aliphatic carbocycles. The Kier molecular flexibility index (Phi) is 37.8. The Morgan fingerprint density at radius 2 is 0.452 bits per heavy atom. The Bertz CT molecular complexity index is 1800. The van der Waals surface area contributed by atoms with Crippen molar-refractivity contribution in [2.24, 2.45) is 0 Å². The highest BCUT2D eigenvalue weighted by Gasteiger charge is 1.99. The molecule has 0 aliphatic rings. The van der Waals surface area contributed by atoms with Gasteiger partial charge in [0.15, 0.2) is 0 Å². The molecule has 0 radical (unpaired) electrons. The maximum absolute atomic E-state index is 8.63. The van der Waals surface area contributed by atoms with Gasteiger partial charge < -0.3 is 15.3 Å². The van der Waals surface area contributed by atoms with Crippen LogP contribution in [0.3, 0.4) is 0 Å². The fourth-order valence-corrected chi connectivity index (χ4v) is 5.24. The van der Waals surface area contributed by atoms with E-state index >= 15 is 0 Å². The molecule has 0 saturated heterocycles. The van der Waals surface area contributed by atoms with E-state index in [1.54, 1.807) is 72.8 Å². The second-order valence-corrected chi connectivity index (χ2v) is 12.6. The van der Waals surface area contributed by atoms with Gasteiger partial charge in [0.25, 0.3) is 0 Å². The first kappa shape index (κ1) is 58.0. The molecule has 0 amide bonds. The lowest BCUT2D eigenvalue weighted by Crippen LogP contribution is -1.84. The van der Waals surface area contributed by atoms with Crippen molar-refractivity contribution in [2.75, 3.05) is 0 Å². The monoisotopic (exact) mass is 837 g/mol. The molecule has 0 bridgehead atoms. The molecule has 0 aromatic heterocycles. The van der Waals surface area contributed by atoms with Gasteiger partial charge >= 0.3 is 0 Å². The van der Waals surface area contributed by atoms with Gasteiger partial charge in [-0.05, 0) is 107 Å². The molecule has 0 saturated carbocycles. The van der Waals surface area contributed by atoms with Gasteiger partial charge in [-0.2, -0.15) is 0 Å². The van der Waals surface area contributed by atoms with Crippen LogP contribution in [0, 0.1) is 0 Å². The van der Waals surface area contributed by atoms with Crippen LogP contribution in [-0.2, 0) is 25.7 Å². The van der Waals surface area contributed by atoms with Gasteiger partial charge in [0.05, 0.1) is 0 Å². The number of hydrogen-bond donors (Lipinski definition) is 3. The summed E-state index contributed by atoms with van der Waals surface area (Å²) in [6.07, 6.45) is 5.71. The Hall–Kier alpha value is -6.06. The minimum atomic E-state index is 0.322. The summed E-state index contributed by atoms with van der Waals surface area (Å²) in [5, 5.41) is 25.9. The van der Waals surface area contributed by atoms with Crippen LogP contribution in [-0.4, -0.2) is 15.3 Å². The summed E-state index contributed by atoms with van der Waals surface area (Å²) in [7, 11) is 0. The van der Waals surface area contributed by atoms with Crippen molar-refractivity contribution >= 4 is 0 Å². The third-order valence-electron chi connectivity index (χ3n) is 8.51. The van der Waals surface area contributed by atoms with Crippen molar-refractivity contribution in [2.45, 2.75) is 115 Å². The molecule has 0 aliphatic heterocycles. The van der Waals surface area contributed by atoms with Crippen molar-refractivity contribution in [3.8, 4) is 39.5 Å². The molecule has 62 heavy (non-hydrogen) atoms. The summed E-state index contributed by atoms with van der Waals surface area (Å²) in [6, 6.07) is 61.6. The van der Waals surface area contributed by atoms with E-state index in [4.69, 9.17) is 15.3 Å². The molecular formula is C59H80O3. The first-order chi connectivity index (χ1) is 30.3. The van der Waals surface area contributed by atoms with Crippen LogP contribution in [0.25, 0.3) is 22.3 Å². The van der Waals surface area contributed by atoms with E-state index in [0.717, 1.165) is 19.3 Å². The summed E-state index contributed by atoms with van der Waals surface area (Å²) in [5.41, 5.74) is 10.9. The Balaban J connectivity index is 0. The highest BCUT2D eigenvalue weighted by atomic mass is 16.3. The average Bonchev–Trinajstić information content (AvgIpc) is 3.36. The lowest BCUT2D eigenvalue weighted by atomic mass is 10.0. The van der Waals surface area contributed by atoms with E-state index in [1.165, 1.54) is 57.3 Å². The minimum absolute atomic E-state index is 0.322. The zero-order valence-electron chi connectivity index (χ0n) is 40.3. The van der Waals surface area contributed by atoms with Gasteiger partial charge in [-0.3, -0.25) is 0 Å². The van der Waals surface area contributed by atoms with Crippen LogP contribution in [0.15, 0.2) is 188 Å². The van der Waals surface area contributed by atoms with Crippen LogP contribution in [0.4, 0.5) is 0 Å². The van der Waals surface area contributed by atoms with Crippen LogP contribution in [0.2, 0.25) is 0 Å². The Morgan fingerprint density at radius 3 is 0.597 bits per heavy atom. The average molecular weight is 837 g/mol. The number of phenols is 3. The Morgan fingerprint density at radius 1 is 0.258 bits per heavy atom. The standard InChI is InChI=1S/C17H20.C16H18.3C6H6O.4C2H6/c1-3-5-15-8-12-17(13-9-15)16-10-6-14(4-2)7-11-16;1-3-13-5-9-15(10-6-13)16-11-7-14(4-2)8-12-16;3*7-6-4-2-1-3-5-6;4*1-2/h6-13H,3-5H2,1-2H3;5-12H,3-4H2,1-2H3;3*1-5,7H;4*1-2H3. The molecule has 0 heterocycles. The number of hydrogen-bond acceptors (Lipinski definition) is 3. The summed E-state index contributed by atoms with van der Waals surface area (Å²) < 4.78 is 0. The number of phenolic OH excluding ortho intramolecular Hbond substituents is 3. The maximum atomic E-state index is 8.63. The van der Waals surface area contributed by atoms with Gasteiger partial charge in [0, 0.05) is 0 Å². The predicted molar refractivity (Wildman–Crippen MR) is 276 cm³/mol. The van der Waals surface area contributed by atoms with Gasteiger partial charge in [0.1, 0.15) is 17.2 Å². The molecular weight excluding hydrogens is 757 g/mol. The third kappa shape index (κ3) is 26.9. The fraction of sp³-hybridized carbons (Fsp3) is 0.288. The zero-order valence-corrected chi connectivity index (χ0v) is 40.3. The SMILES string of the molecule is CC.CC.CC.CC.CCCc1ccc(-c2ccc(CC)cc2)cc1.CCc1ccc(-c2ccc(CC)cc2)cc1.Oc1ccccc1.Oc1ccccc1.Oc1ccccc1. The van der Waals surface area contributed by atoms with Crippen LogP contribution < -0.4 is 0 Å². The molecule has 3 N–H and O–H groups in total. The van der Waals surface area contributed by atoms with E-state index in [1.807, 2.05) is 73.6 Å². The first-order valence-corrected chi connectivity index (χ1v) is 22.9. The van der Waals surface area contributed by atoms with E-state index in [2.05, 4.69) is 125 Å². The minimum Gasteiger partial charge on any atom is -0.508 e. The molecule has 7 aromatic carbocycles. The molecule has 0 fully saturated rings. The lowest BCUT2D eigenvalue weighted by molar-refractivity contribution is 0.475. The van der Waals surface area contributed by atoms with E-state index in [-0.39, 0.29) is 0 Å². The van der Waals surface area contributed by atoms with Crippen LogP contribution in [0.1, 0.15) is 112 Å². The predicted octanol–water partition coefficient (Wildman–Crippen LogP) is 17.6. The van der Waals surface area contributed by atoms with Crippen molar-refractivity contribution in [3.05, 3.63) is 210 Å². The fourth-order valence-electron chi connectivity index (χ4n) is 5.24. The number of aromatic hydroxyl groups is 3. The number of rotatable bonds is 7. The lowest BCUT2D eigenvalue weighted by Gasteiger charge is -2.05. The molecule has 7 aromatic rings. The van der Waals surface area contributed by atoms with Gasteiger partial charge in [-0.1, -0.05) is 241 Å². The molecule has 0 spiro atoms. The number of para-hydroxylation sites is 3. The zero-order chi connectivity index (χ0) is 46.8. The highest BCUT2D eigenvalue weighted by molar-refractivity contribution is 5.64. The van der Waals surface area contributed by atoms with E-state index < -0.39 is 0 Å². The molecule has 3 heteroatoms. The van der Waals surface area contributed by atoms with E-state index in [9.17, 15) is 0 Å². The van der Waals surface area contributed by atoms with Gasteiger partial charge in [-0.15, -0.1) is 0 Å².